The normalized spacial score (nSPS) is 49.7. The maximum atomic E-state index is 13.8. The van der Waals surface area contributed by atoms with Gasteiger partial charge >= 0.3 is 23.8 Å². The fraction of sp³-hybridized carbons (Fsp3) is 0.867. The van der Waals surface area contributed by atoms with Gasteiger partial charge in [-0.2, -0.15) is 17.6 Å². The van der Waals surface area contributed by atoms with E-state index in [1.165, 1.54) is 6.92 Å². The molecule has 5 fully saturated rings. The van der Waals surface area contributed by atoms with E-state index in [1.54, 1.807) is 0 Å². The molecule has 0 amide bonds. The lowest BCUT2D eigenvalue weighted by atomic mass is 9.48. The third kappa shape index (κ3) is 1.62. The molecule has 0 aromatic heterocycles. The van der Waals surface area contributed by atoms with Gasteiger partial charge in [-0.15, -0.1) is 0 Å². The van der Waals surface area contributed by atoms with E-state index in [9.17, 15) is 27.2 Å². The second-order valence-electron chi connectivity index (χ2n) is 7.57. The summed E-state index contributed by atoms with van der Waals surface area (Å²) < 4.78 is 64.9. The van der Waals surface area contributed by atoms with Crippen LogP contribution in [0.4, 0.5) is 17.6 Å². The topological polar surface area (TPSA) is 52.6 Å². The molecule has 8 heteroatoms. The highest BCUT2D eigenvalue weighted by molar-refractivity contribution is 5.91. The van der Waals surface area contributed by atoms with E-state index in [1.807, 2.05) is 0 Å². The van der Waals surface area contributed by atoms with E-state index >= 15 is 0 Å². The first-order valence-corrected chi connectivity index (χ1v) is 7.74. The molecule has 1 aliphatic heterocycles. The van der Waals surface area contributed by atoms with Crippen molar-refractivity contribution in [3.8, 4) is 0 Å². The summed E-state index contributed by atoms with van der Waals surface area (Å²) in [5.74, 6) is -15.0. The molecule has 1 heterocycles. The molecule has 1 saturated heterocycles. The van der Waals surface area contributed by atoms with Crippen LogP contribution in [-0.2, 0) is 19.1 Å². The van der Waals surface area contributed by atoms with Gasteiger partial charge in [-0.25, -0.2) is 9.59 Å². The van der Waals surface area contributed by atoms with Gasteiger partial charge in [-0.3, -0.25) is 0 Å². The van der Waals surface area contributed by atoms with Crippen molar-refractivity contribution in [3.63, 3.8) is 0 Å². The summed E-state index contributed by atoms with van der Waals surface area (Å²) in [6, 6.07) is 0. The molecular formula is C15H16F4O4. The van der Waals surface area contributed by atoms with E-state index in [2.05, 4.69) is 0 Å². The molecule has 128 valence electrons. The van der Waals surface area contributed by atoms with Gasteiger partial charge in [0.15, 0.2) is 11.2 Å². The summed E-state index contributed by atoms with van der Waals surface area (Å²) in [6.45, 7) is 1.44. The van der Waals surface area contributed by atoms with Crippen molar-refractivity contribution in [2.75, 3.05) is 0 Å². The average Bonchev–Trinajstić information content (AvgIpc) is 2.43. The van der Waals surface area contributed by atoms with Crippen molar-refractivity contribution in [1.82, 2.24) is 0 Å². The molecule has 4 saturated carbocycles. The fourth-order valence-corrected chi connectivity index (χ4v) is 5.26. The van der Waals surface area contributed by atoms with Crippen molar-refractivity contribution in [2.24, 2.45) is 17.8 Å². The Morgan fingerprint density at radius 2 is 1.35 bits per heavy atom. The van der Waals surface area contributed by atoms with Crippen LogP contribution in [0.15, 0.2) is 0 Å². The summed E-state index contributed by atoms with van der Waals surface area (Å²) in [5, 5.41) is 0. The van der Waals surface area contributed by atoms with Crippen molar-refractivity contribution in [3.05, 3.63) is 0 Å². The predicted octanol–water partition coefficient (Wildman–Crippen LogP) is 2.69. The first-order valence-electron chi connectivity index (χ1n) is 7.74. The van der Waals surface area contributed by atoms with E-state index in [0.29, 0.717) is 12.8 Å². The Morgan fingerprint density at radius 1 is 0.870 bits per heavy atom. The second-order valence-corrected chi connectivity index (χ2v) is 7.57. The lowest BCUT2D eigenvalue weighted by molar-refractivity contribution is -0.319. The highest BCUT2D eigenvalue weighted by Gasteiger charge is 2.77. The van der Waals surface area contributed by atoms with Gasteiger partial charge in [0.2, 0.25) is 0 Å². The molecule has 0 radical (unpaired) electrons. The minimum atomic E-state index is -5.23. The molecular weight excluding hydrogens is 320 g/mol. The van der Waals surface area contributed by atoms with Crippen LogP contribution in [0.5, 0.6) is 0 Å². The Labute approximate surface area is 129 Å². The molecule has 4 nitrogen and oxygen atoms in total. The molecule has 5 rings (SSSR count). The second kappa shape index (κ2) is 4.00. The highest BCUT2D eigenvalue weighted by atomic mass is 19.3. The monoisotopic (exact) mass is 336 g/mol. The zero-order valence-corrected chi connectivity index (χ0v) is 12.4. The number of carbonyl (C=O) groups excluding carboxylic acids is 2. The molecule has 4 aliphatic carbocycles. The average molecular weight is 336 g/mol. The molecule has 3 unspecified atom stereocenters. The first kappa shape index (κ1) is 15.2. The van der Waals surface area contributed by atoms with E-state index < -0.39 is 35.0 Å². The number of hydrogen-bond acceptors (Lipinski definition) is 4. The third-order valence-electron chi connectivity index (χ3n) is 6.32. The summed E-state index contributed by atoms with van der Waals surface area (Å²) in [4.78, 5) is 23.6. The molecule has 0 aromatic carbocycles. The fourth-order valence-electron chi connectivity index (χ4n) is 5.26. The van der Waals surface area contributed by atoms with Crippen LogP contribution in [-0.4, -0.2) is 35.0 Å². The summed E-state index contributed by atoms with van der Waals surface area (Å²) in [6.07, 6.45) is 2.80. The largest absolute Gasteiger partial charge is 0.450 e. The third-order valence-corrected chi connectivity index (χ3v) is 6.32. The predicted molar refractivity (Wildman–Crippen MR) is 66.8 cm³/mol. The molecule has 4 bridgehead atoms. The minimum absolute atomic E-state index is 0.181. The van der Waals surface area contributed by atoms with Gasteiger partial charge in [0, 0.05) is 5.92 Å². The van der Waals surface area contributed by atoms with Crippen LogP contribution in [0.25, 0.3) is 0 Å². The maximum Gasteiger partial charge on any atom is 0.415 e. The highest BCUT2D eigenvalue weighted by Crippen LogP contribution is 2.64. The number of carbonyl (C=O) groups is 2. The lowest BCUT2D eigenvalue weighted by Crippen LogP contribution is -2.74. The Kier molecular flexibility index (Phi) is 2.65. The Bertz CT molecular complexity index is 590. The van der Waals surface area contributed by atoms with Crippen molar-refractivity contribution < 1.29 is 36.6 Å². The standard InChI is InChI=1S/C15H16F4O4/c1-12-9-3-7-2-8(4-9)6-13(12,5-7)23-11(21)15(18,19)14(16,17)10(20)22-12/h7-9H,2-6H2,1H3. The van der Waals surface area contributed by atoms with E-state index in [4.69, 9.17) is 9.47 Å². The minimum Gasteiger partial charge on any atom is -0.450 e. The van der Waals surface area contributed by atoms with E-state index in [-0.39, 0.29) is 30.6 Å². The van der Waals surface area contributed by atoms with Gasteiger partial charge in [-0.1, -0.05) is 0 Å². The smallest absolute Gasteiger partial charge is 0.415 e. The van der Waals surface area contributed by atoms with Crippen molar-refractivity contribution >= 4 is 11.9 Å². The Balaban J connectivity index is 1.84. The number of esters is 2. The van der Waals surface area contributed by atoms with Crippen LogP contribution >= 0.6 is 0 Å². The Hall–Kier alpha value is -1.34. The van der Waals surface area contributed by atoms with E-state index in [0.717, 1.165) is 6.42 Å². The van der Waals surface area contributed by atoms with Crippen LogP contribution in [0, 0.1) is 17.8 Å². The molecule has 1 spiro atoms. The Morgan fingerprint density at radius 3 is 1.87 bits per heavy atom. The van der Waals surface area contributed by atoms with Gasteiger partial charge in [-0.05, 0) is 50.9 Å². The summed E-state index contributed by atoms with van der Waals surface area (Å²) in [5.41, 5.74) is -2.90. The number of hydrogen-bond donors (Lipinski definition) is 0. The maximum absolute atomic E-state index is 13.8. The van der Waals surface area contributed by atoms with Crippen LogP contribution in [0.3, 0.4) is 0 Å². The molecule has 0 aromatic rings. The van der Waals surface area contributed by atoms with Crippen LogP contribution in [0.1, 0.15) is 39.0 Å². The summed E-state index contributed by atoms with van der Waals surface area (Å²) >= 11 is 0. The summed E-state index contributed by atoms with van der Waals surface area (Å²) in [7, 11) is 0. The molecule has 0 N–H and O–H groups in total. The van der Waals surface area contributed by atoms with Crippen LogP contribution < -0.4 is 0 Å². The van der Waals surface area contributed by atoms with Gasteiger partial charge in [0.1, 0.15) is 0 Å². The van der Waals surface area contributed by atoms with Gasteiger partial charge < -0.3 is 9.47 Å². The zero-order chi connectivity index (χ0) is 16.8. The first-order chi connectivity index (χ1) is 10.5. The van der Waals surface area contributed by atoms with Crippen molar-refractivity contribution in [1.29, 1.82) is 0 Å². The quantitative estimate of drug-likeness (QED) is 0.504. The van der Waals surface area contributed by atoms with Gasteiger partial charge in [0.05, 0.1) is 0 Å². The lowest BCUT2D eigenvalue weighted by Gasteiger charge is -2.64. The molecule has 23 heavy (non-hydrogen) atoms. The number of rotatable bonds is 0. The SMILES string of the molecule is CC12OC(=O)C(F)(F)C(F)(F)C(=O)OC13CC1CC(CC2C1)C3. The number of alkyl halides is 4. The van der Waals surface area contributed by atoms with Crippen LogP contribution in [0.2, 0.25) is 0 Å². The molecule has 5 aliphatic rings. The van der Waals surface area contributed by atoms with Gasteiger partial charge in [0.25, 0.3) is 0 Å². The molecule has 3 atom stereocenters. The zero-order valence-electron chi connectivity index (χ0n) is 12.4. The van der Waals surface area contributed by atoms with Crippen molar-refractivity contribution in [2.45, 2.75) is 62.1 Å². The number of ether oxygens (including phenoxy) is 2. The number of halogens is 4.